The third-order valence-electron chi connectivity index (χ3n) is 3.12. The first-order valence-corrected chi connectivity index (χ1v) is 8.13. The molecule has 2 aromatic rings. The summed E-state index contributed by atoms with van der Waals surface area (Å²) in [5.74, 6) is 1.27. The fourth-order valence-electron chi connectivity index (χ4n) is 1.96. The Hall–Kier alpha value is -1.78. The second-order valence-corrected chi connectivity index (χ2v) is 6.11. The summed E-state index contributed by atoms with van der Waals surface area (Å²) in [7, 11) is 1.60. The molecule has 0 unspecified atom stereocenters. The van der Waals surface area contributed by atoms with Gasteiger partial charge in [0.2, 0.25) is 0 Å². The number of methoxy groups -OCH3 is 1. The number of benzene rings is 2. The maximum absolute atomic E-state index is 6.01. The minimum absolute atomic E-state index is 0.407. The molecular weight excluding hydrogens is 378 g/mol. The molecule has 2 aromatic carbocycles. The fraction of sp³-hybridized carbons (Fsp3) is 0.167. The summed E-state index contributed by atoms with van der Waals surface area (Å²) >= 11 is 9.51. The Kier molecular flexibility index (Phi) is 6.25. The topological polar surface area (TPSA) is 30.8 Å². The molecule has 0 fully saturated rings. The van der Waals surface area contributed by atoms with Gasteiger partial charge in [-0.05, 0) is 58.2 Å². The second kappa shape index (κ2) is 8.18. The Labute approximate surface area is 149 Å². The minimum atomic E-state index is 0.407. The summed E-state index contributed by atoms with van der Waals surface area (Å²) in [6.45, 7) is 6.04. The molecule has 0 aliphatic rings. The van der Waals surface area contributed by atoms with Gasteiger partial charge in [0.1, 0.15) is 6.61 Å². The van der Waals surface area contributed by atoms with E-state index in [1.165, 1.54) is 0 Å². The maximum atomic E-state index is 6.01. The summed E-state index contributed by atoms with van der Waals surface area (Å²) in [4.78, 5) is 4.50. The van der Waals surface area contributed by atoms with E-state index in [2.05, 4.69) is 27.5 Å². The van der Waals surface area contributed by atoms with E-state index in [-0.39, 0.29) is 0 Å². The molecular formula is C18H17BrClNO2. The van der Waals surface area contributed by atoms with Crippen molar-refractivity contribution in [2.75, 3.05) is 13.7 Å². The predicted molar refractivity (Wildman–Crippen MR) is 99.8 cm³/mol. The number of ether oxygens (including phenoxy) is 2. The number of hydrogen-bond donors (Lipinski definition) is 0. The molecule has 0 heterocycles. The quantitative estimate of drug-likeness (QED) is 0.462. The van der Waals surface area contributed by atoms with Gasteiger partial charge in [-0.1, -0.05) is 30.3 Å². The molecule has 0 atom stereocenters. The van der Waals surface area contributed by atoms with Crippen LogP contribution in [0.1, 0.15) is 11.1 Å². The van der Waals surface area contributed by atoms with E-state index in [0.717, 1.165) is 21.3 Å². The first kappa shape index (κ1) is 17.6. The summed E-state index contributed by atoms with van der Waals surface area (Å²) in [5, 5.41) is 0.662. The monoisotopic (exact) mass is 393 g/mol. The lowest BCUT2D eigenvalue weighted by Crippen LogP contribution is -1.98. The number of aryl methyl sites for hydroxylation is 1. The summed E-state index contributed by atoms with van der Waals surface area (Å²) < 4.78 is 11.8. The van der Waals surface area contributed by atoms with E-state index in [9.17, 15) is 0 Å². The molecule has 0 saturated carbocycles. The van der Waals surface area contributed by atoms with Crippen molar-refractivity contribution in [3.05, 3.63) is 63.6 Å². The molecule has 0 aromatic heterocycles. The van der Waals surface area contributed by atoms with Gasteiger partial charge in [0.25, 0.3) is 0 Å². The van der Waals surface area contributed by atoms with Crippen molar-refractivity contribution in [3.8, 4) is 11.5 Å². The van der Waals surface area contributed by atoms with Crippen LogP contribution in [0.15, 0.2) is 52.5 Å². The lowest BCUT2D eigenvalue weighted by Gasteiger charge is -2.12. The standard InChI is InChI=1S/C18H17BrClNO2/c1-4-7-23-18-15(19)8-13(9-17(18)22-3)11-21-16-10-14(20)6-5-12(16)2/h4-6,8-11H,1,7H2,2-3H3. The van der Waals surface area contributed by atoms with Crippen LogP contribution in [0.2, 0.25) is 5.02 Å². The minimum Gasteiger partial charge on any atom is -0.493 e. The highest BCUT2D eigenvalue weighted by Crippen LogP contribution is 2.36. The zero-order chi connectivity index (χ0) is 16.8. The molecule has 3 nitrogen and oxygen atoms in total. The SMILES string of the molecule is C=CCOc1c(Br)cc(C=Nc2cc(Cl)ccc2C)cc1OC. The normalized spacial score (nSPS) is 10.8. The van der Waals surface area contributed by atoms with Crippen LogP contribution in [-0.4, -0.2) is 19.9 Å². The molecule has 23 heavy (non-hydrogen) atoms. The highest BCUT2D eigenvalue weighted by atomic mass is 79.9. The third kappa shape index (κ3) is 4.60. The Morgan fingerprint density at radius 2 is 2.09 bits per heavy atom. The van der Waals surface area contributed by atoms with Crippen molar-refractivity contribution in [1.29, 1.82) is 0 Å². The van der Waals surface area contributed by atoms with Crippen molar-refractivity contribution < 1.29 is 9.47 Å². The number of nitrogens with zero attached hydrogens (tertiary/aromatic N) is 1. The van der Waals surface area contributed by atoms with Gasteiger partial charge in [0.05, 0.1) is 17.3 Å². The summed E-state index contributed by atoms with van der Waals surface area (Å²) in [6, 6.07) is 9.41. The molecule has 0 bridgehead atoms. The van der Waals surface area contributed by atoms with E-state index in [1.54, 1.807) is 19.4 Å². The van der Waals surface area contributed by atoms with Gasteiger partial charge in [-0.2, -0.15) is 0 Å². The van der Waals surface area contributed by atoms with Gasteiger partial charge in [0, 0.05) is 11.2 Å². The molecule has 2 rings (SSSR count). The maximum Gasteiger partial charge on any atom is 0.175 e. The fourth-order valence-corrected chi connectivity index (χ4v) is 2.70. The Bertz CT molecular complexity index is 744. The number of aliphatic imine (C=N–C) groups is 1. The van der Waals surface area contributed by atoms with E-state index < -0.39 is 0 Å². The predicted octanol–water partition coefficient (Wildman–Crippen LogP) is 5.73. The highest BCUT2D eigenvalue weighted by molar-refractivity contribution is 9.10. The Morgan fingerprint density at radius 1 is 1.30 bits per heavy atom. The van der Waals surface area contributed by atoms with Crippen LogP contribution in [0.3, 0.4) is 0 Å². The first-order valence-electron chi connectivity index (χ1n) is 6.96. The zero-order valence-electron chi connectivity index (χ0n) is 13.0. The van der Waals surface area contributed by atoms with E-state index in [1.807, 2.05) is 37.3 Å². The third-order valence-corrected chi connectivity index (χ3v) is 3.95. The van der Waals surface area contributed by atoms with Crippen LogP contribution in [0.25, 0.3) is 0 Å². The molecule has 120 valence electrons. The van der Waals surface area contributed by atoms with Crippen LogP contribution in [-0.2, 0) is 0 Å². The van der Waals surface area contributed by atoms with E-state index in [4.69, 9.17) is 21.1 Å². The van der Waals surface area contributed by atoms with Crippen LogP contribution < -0.4 is 9.47 Å². The van der Waals surface area contributed by atoms with Gasteiger partial charge in [-0.25, -0.2) is 0 Å². The molecule has 5 heteroatoms. The van der Waals surface area contributed by atoms with Crippen LogP contribution in [0.4, 0.5) is 5.69 Å². The van der Waals surface area contributed by atoms with Crippen LogP contribution >= 0.6 is 27.5 Å². The van der Waals surface area contributed by atoms with Crippen LogP contribution in [0, 0.1) is 6.92 Å². The van der Waals surface area contributed by atoms with E-state index in [0.29, 0.717) is 23.1 Å². The molecule has 0 spiro atoms. The van der Waals surface area contributed by atoms with Crippen LogP contribution in [0.5, 0.6) is 11.5 Å². The largest absolute Gasteiger partial charge is 0.493 e. The summed E-state index contributed by atoms with van der Waals surface area (Å²) in [5.41, 5.74) is 2.78. The molecule has 0 aliphatic carbocycles. The molecule has 0 amide bonds. The lowest BCUT2D eigenvalue weighted by atomic mass is 10.2. The van der Waals surface area contributed by atoms with Gasteiger partial charge in [-0.15, -0.1) is 0 Å². The van der Waals surface area contributed by atoms with Gasteiger partial charge in [-0.3, -0.25) is 4.99 Å². The molecule has 0 N–H and O–H groups in total. The molecule has 0 aliphatic heterocycles. The summed E-state index contributed by atoms with van der Waals surface area (Å²) in [6.07, 6.45) is 3.45. The van der Waals surface area contributed by atoms with Gasteiger partial charge < -0.3 is 9.47 Å². The van der Waals surface area contributed by atoms with Crippen molar-refractivity contribution in [3.63, 3.8) is 0 Å². The van der Waals surface area contributed by atoms with Crippen molar-refractivity contribution >= 4 is 39.4 Å². The average Bonchev–Trinajstić information content (AvgIpc) is 2.54. The Balaban J connectivity index is 2.33. The van der Waals surface area contributed by atoms with Gasteiger partial charge in [0.15, 0.2) is 11.5 Å². The number of halogens is 2. The first-order chi connectivity index (χ1) is 11.0. The van der Waals surface area contributed by atoms with Gasteiger partial charge >= 0.3 is 0 Å². The molecule has 0 saturated heterocycles. The Morgan fingerprint density at radius 3 is 2.78 bits per heavy atom. The van der Waals surface area contributed by atoms with Crippen molar-refractivity contribution in [2.24, 2.45) is 4.99 Å². The number of hydrogen-bond acceptors (Lipinski definition) is 3. The highest BCUT2D eigenvalue weighted by Gasteiger charge is 2.10. The zero-order valence-corrected chi connectivity index (χ0v) is 15.3. The lowest BCUT2D eigenvalue weighted by molar-refractivity contribution is 0.324. The second-order valence-electron chi connectivity index (χ2n) is 4.82. The molecule has 0 radical (unpaired) electrons. The van der Waals surface area contributed by atoms with Crippen molar-refractivity contribution in [1.82, 2.24) is 0 Å². The van der Waals surface area contributed by atoms with Crippen molar-refractivity contribution in [2.45, 2.75) is 6.92 Å². The smallest absolute Gasteiger partial charge is 0.175 e. The van der Waals surface area contributed by atoms with E-state index >= 15 is 0 Å². The average molecular weight is 395 g/mol. The number of rotatable bonds is 6.